The zero-order valence-electron chi connectivity index (χ0n) is 13.7. The number of imidazole rings is 1. The van der Waals surface area contributed by atoms with Crippen LogP contribution in [-0.4, -0.2) is 36.5 Å². The number of aromatic nitrogens is 4. The number of aliphatic hydroxyl groups is 1. The number of nitrogens with zero attached hydrogens (tertiary/aromatic N) is 3. The predicted octanol–water partition coefficient (Wildman–Crippen LogP) is 2.57. The van der Waals surface area contributed by atoms with Gasteiger partial charge in [0.25, 0.3) is 0 Å². The maximum atomic E-state index is 12.2. The topological polar surface area (TPSA) is 83.8 Å². The summed E-state index contributed by atoms with van der Waals surface area (Å²) in [5, 5.41) is 10.8. The van der Waals surface area contributed by atoms with Crippen molar-refractivity contribution in [2.45, 2.75) is 56.7 Å². The van der Waals surface area contributed by atoms with Gasteiger partial charge in [0.05, 0.1) is 5.60 Å². The minimum Gasteiger partial charge on any atom is -0.390 e. The van der Waals surface area contributed by atoms with Crippen LogP contribution in [0.1, 0.15) is 45.4 Å². The Kier molecular flexibility index (Phi) is 4.33. The molecule has 1 atom stereocenters. The number of allylic oxidation sites excluding steroid dienone is 1. The standard InChI is InChI=1S/C16H22N4O2S/c1-4-9-20-13-11(14(23-3)19-15(20)21)17-12(18-13)10-5-7-16(2,22)8-6-10/h5,22H,4,6-9H2,1-3H3,(H,17,18). The number of thioether (sulfide) groups is 1. The number of aryl methyl sites for hydroxylation is 1. The average Bonchev–Trinajstić information content (AvgIpc) is 2.94. The fraction of sp³-hybridized carbons (Fsp3) is 0.562. The molecular formula is C16H22N4O2S. The van der Waals surface area contributed by atoms with Crippen molar-refractivity contribution in [3.05, 3.63) is 22.4 Å². The summed E-state index contributed by atoms with van der Waals surface area (Å²) in [4.78, 5) is 24.4. The first-order valence-corrected chi connectivity index (χ1v) is 9.14. The molecule has 1 aliphatic rings. The number of hydrogen-bond acceptors (Lipinski definition) is 5. The van der Waals surface area contributed by atoms with Crippen LogP contribution in [0.2, 0.25) is 0 Å². The van der Waals surface area contributed by atoms with E-state index in [1.165, 1.54) is 11.8 Å². The summed E-state index contributed by atoms with van der Waals surface area (Å²) >= 11 is 1.44. The third-order valence-electron chi connectivity index (χ3n) is 4.25. The van der Waals surface area contributed by atoms with Gasteiger partial charge in [-0.1, -0.05) is 13.0 Å². The van der Waals surface area contributed by atoms with E-state index in [2.05, 4.69) is 15.0 Å². The summed E-state index contributed by atoms with van der Waals surface area (Å²) in [6.07, 6.45) is 6.90. The van der Waals surface area contributed by atoms with E-state index in [0.717, 1.165) is 29.8 Å². The Hall–Kier alpha value is -1.60. The minimum absolute atomic E-state index is 0.248. The third kappa shape index (κ3) is 3.07. The number of hydrogen-bond donors (Lipinski definition) is 2. The lowest BCUT2D eigenvalue weighted by atomic mass is 9.87. The molecule has 0 radical (unpaired) electrons. The molecule has 2 aromatic heterocycles. The van der Waals surface area contributed by atoms with E-state index in [0.29, 0.717) is 30.1 Å². The van der Waals surface area contributed by atoms with Crippen LogP contribution in [0.15, 0.2) is 15.9 Å². The van der Waals surface area contributed by atoms with Gasteiger partial charge >= 0.3 is 5.69 Å². The Labute approximate surface area is 139 Å². The molecular weight excluding hydrogens is 312 g/mol. The molecule has 0 spiro atoms. The van der Waals surface area contributed by atoms with Crippen molar-refractivity contribution in [1.82, 2.24) is 19.5 Å². The van der Waals surface area contributed by atoms with Crippen molar-refractivity contribution < 1.29 is 5.11 Å². The SMILES string of the molecule is CCCn1c(=O)nc(SC)c2[nH]c(C3=CCC(C)(O)CC3)nc21. The highest BCUT2D eigenvalue weighted by Crippen LogP contribution is 2.32. The zero-order valence-corrected chi connectivity index (χ0v) is 14.5. The number of aromatic amines is 1. The second-order valence-electron chi connectivity index (χ2n) is 6.27. The molecule has 3 rings (SSSR count). The number of fused-ring (bicyclic) bond motifs is 1. The summed E-state index contributed by atoms with van der Waals surface area (Å²) in [7, 11) is 0. The fourth-order valence-corrected chi connectivity index (χ4v) is 3.41. The van der Waals surface area contributed by atoms with Crippen molar-refractivity contribution in [2.24, 2.45) is 0 Å². The Morgan fingerprint density at radius 2 is 2.26 bits per heavy atom. The highest BCUT2D eigenvalue weighted by atomic mass is 32.2. The van der Waals surface area contributed by atoms with Crippen LogP contribution >= 0.6 is 11.8 Å². The number of H-pyrrole nitrogens is 1. The first-order valence-electron chi connectivity index (χ1n) is 7.91. The van der Waals surface area contributed by atoms with Crippen LogP contribution in [0.25, 0.3) is 16.7 Å². The molecule has 23 heavy (non-hydrogen) atoms. The molecule has 0 saturated heterocycles. The van der Waals surface area contributed by atoms with Crippen molar-refractivity contribution in [3.8, 4) is 0 Å². The Morgan fingerprint density at radius 3 is 2.87 bits per heavy atom. The Bertz CT molecular complexity index is 819. The van der Waals surface area contributed by atoms with Gasteiger partial charge in [0.2, 0.25) is 0 Å². The summed E-state index contributed by atoms with van der Waals surface area (Å²) in [6.45, 7) is 4.49. The van der Waals surface area contributed by atoms with Gasteiger partial charge in [-0.25, -0.2) is 9.78 Å². The average molecular weight is 334 g/mol. The molecule has 0 saturated carbocycles. The van der Waals surface area contributed by atoms with Crippen molar-refractivity contribution in [3.63, 3.8) is 0 Å². The molecule has 6 nitrogen and oxygen atoms in total. The summed E-state index contributed by atoms with van der Waals surface area (Å²) in [5.41, 5.74) is 1.70. The second kappa shape index (κ2) is 6.13. The molecule has 1 unspecified atom stereocenters. The monoisotopic (exact) mass is 334 g/mol. The van der Waals surface area contributed by atoms with Crippen LogP contribution in [-0.2, 0) is 6.54 Å². The Morgan fingerprint density at radius 1 is 1.48 bits per heavy atom. The van der Waals surface area contributed by atoms with Crippen LogP contribution in [0, 0.1) is 0 Å². The lowest BCUT2D eigenvalue weighted by Gasteiger charge is -2.26. The van der Waals surface area contributed by atoms with Gasteiger partial charge in [0, 0.05) is 6.54 Å². The first-order chi connectivity index (χ1) is 10.9. The van der Waals surface area contributed by atoms with Crippen LogP contribution < -0.4 is 5.69 Å². The van der Waals surface area contributed by atoms with E-state index in [-0.39, 0.29) is 5.69 Å². The van der Waals surface area contributed by atoms with E-state index >= 15 is 0 Å². The highest BCUT2D eigenvalue weighted by molar-refractivity contribution is 7.98. The molecule has 2 aromatic rings. The molecule has 1 aliphatic carbocycles. The van der Waals surface area contributed by atoms with Crippen molar-refractivity contribution in [1.29, 1.82) is 0 Å². The van der Waals surface area contributed by atoms with Gasteiger partial charge in [-0.2, -0.15) is 4.98 Å². The third-order valence-corrected chi connectivity index (χ3v) is 4.93. The van der Waals surface area contributed by atoms with Crippen LogP contribution in [0.5, 0.6) is 0 Å². The molecule has 0 aliphatic heterocycles. The van der Waals surface area contributed by atoms with Gasteiger partial charge < -0.3 is 10.1 Å². The fourth-order valence-electron chi connectivity index (χ4n) is 2.89. The number of rotatable bonds is 4. The van der Waals surface area contributed by atoms with Crippen molar-refractivity contribution >= 4 is 28.5 Å². The Balaban J connectivity index is 2.13. The van der Waals surface area contributed by atoms with Gasteiger partial charge in [-0.05, 0) is 44.4 Å². The number of nitrogens with one attached hydrogen (secondary N) is 1. The molecule has 0 fully saturated rings. The van der Waals surface area contributed by atoms with E-state index < -0.39 is 5.60 Å². The van der Waals surface area contributed by atoms with Gasteiger partial charge in [-0.3, -0.25) is 4.57 Å². The zero-order chi connectivity index (χ0) is 16.6. The molecule has 0 bridgehead atoms. The maximum absolute atomic E-state index is 12.2. The van der Waals surface area contributed by atoms with Gasteiger partial charge in [0.1, 0.15) is 16.4 Å². The summed E-state index contributed by atoms with van der Waals surface area (Å²) < 4.78 is 1.63. The molecule has 2 heterocycles. The minimum atomic E-state index is -0.633. The molecule has 2 N–H and O–H groups in total. The molecule has 0 aromatic carbocycles. The predicted molar refractivity (Wildman–Crippen MR) is 92.7 cm³/mol. The largest absolute Gasteiger partial charge is 0.390 e. The summed E-state index contributed by atoms with van der Waals surface area (Å²) in [6, 6.07) is 0. The maximum Gasteiger partial charge on any atom is 0.350 e. The first kappa shape index (κ1) is 16.3. The molecule has 124 valence electrons. The molecule has 0 amide bonds. The summed E-state index contributed by atoms with van der Waals surface area (Å²) in [5.74, 6) is 0.781. The highest BCUT2D eigenvalue weighted by Gasteiger charge is 2.25. The van der Waals surface area contributed by atoms with Gasteiger partial charge in [-0.15, -0.1) is 11.8 Å². The quantitative estimate of drug-likeness (QED) is 0.663. The molecule has 7 heteroatoms. The lowest BCUT2D eigenvalue weighted by molar-refractivity contribution is 0.0523. The van der Waals surface area contributed by atoms with E-state index in [9.17, 15) is 9.90 Å². The smallest absolute Gasteiger partial charge is 0.350 e. The van der Waals surface area contributed by atoms with Gasteiger partial charge in [0.15, 0.2) is 5.65 Å². The second-order valence-corrected chi connectivity index (χ2v) is 7.06. The van der Waals surface area contributed by atoms with E-state index in [1.807, 2.05) is 26.2 Å². The van der Waals surface area contributed by atoms with Crippen molar-refractivity contribution in [2.75, 3.05) is 6.26 Å². The van der Waals surface area contributed by atoms with E-state index in [1.54, 1.807) is 4.57 Å². The van der Waals surface area contributed by atoms with E-state index in [4.69, 9.17) is 0 Å². The van der Waals surface area contributed by atoms with Crippen LogP contribution in [0.4, 0.5) is 0 Å². The lowest BCUT2D eigenvalue weighted by Crippen LogP contribution is -2.25. The van der Waals surface area contributed by atoms with Crippen LogP contribution in [0.3, 0.4) is 0 Å². The normalized spacial score (nSPS) is 21.7.